The minimum Gasteiger partial charge on any atom is -0.497 e. The highest BCUT2D eigenvalue weighted by Crippen LogP contribution is 2.35. The van der Waals surface area contributed by atoms with Crippen LogP contribution >= 0.6 is 0 Å². The number of aromatic nitrogens is 2. The van der Waals surface area contributed by atoms with E-state index in [4.69, 9.17) is 9.47 Å². The number of nitrogens with one attached hydrogen (secondary N) is 1. The van der Waals surface area contributed by atoms with Gasteiger partial charge in [0.15, 0.2) is 0 Å². The Labute approximate surface area is 162 Å². The van der Waals surface area contributed by atoms with Crippen molar-refractivity contribution in [1.29, 1.82) is 0 Å². The highest BCUT2D eigenvalue weighted by Gasteiger charge is 2.14. The summed E-state index contributed by atoms with van der Waals surface area (Å²) in [4.78, 5) is 4.45. The first-order chi connectivity index (χ1) is 13.6. The fourth-order valence-electron chi connectivity index (χ4n) is 3.30. The van der Waals surface area contributed by atoms with Crippen LogP contribution in [0.15, 0.2) is 60.8 Å². The third-order valence-corrected chi connectivity index (χ3v) is 4.71. The third-order valence-electron chi connectivity index (χ3n) is 4.71. The minimum absolute atomic E-state index is 0.297. The van der Waals surface area contributed by atoms with E-state index in [0.29, 0.717) is 11.5 Å². The van der Waals surface area contributed by atoms with Crippen LogP contribution in [0.5, 0.6) is 11.5 Å². The third kappa shape index (κ3) is 3.24. The van der Waals surface area contributed by atoms with E-state index in [2.05, 4.69) is 20.9 Å². The molecule has 2 aromatic heterocycles. The standard InChI is InChI=1S/C22H20FN3O2/c1-26-20-7-8-24-22(25-16-6-4-5-15(23)11-16)19(20)13-21(26)14-9-17(27-2)12-18(10-14)28-3/h4-13H,1-3H3,(H,24,25). The molecule has 0 atom stereocenters. The van der Waals surface area contributed by atoms with Crippen LogP contribution in [-0.2, 0) is 7.05 Å². The Hall–Kier alpha value is -3.54. The maximum absolute atomic E-state index is 13.5. The van der Waals surface area contributed by atoms with Gasteiger partial charge in [-0.05, 0) is 42.5 Å². The van der Waals surface area contributed by atoms with Crippen LogP contribution in [0.4, 0.5) is 15.9 Å². The Bertz CT molecular complexity index is 1130. The Morgan fingerprint density at radius 1 is 0.964 bits per heavy atom. The number of pyridine rings is 1. The number of hydrogen-bond donors (Lipinski definition) is 1. The molecule has 0 aliphatic carbocycles. The summed E-state index contributed by atoms with van der Waals surface area (Å²) in [5, 5.41) is 4.15. The number of benzene rings is 2. The SMILES string of the molecule is COc1cc(OC)cc(-c2cc3c(Nc4cccc(F)c4)nccc3n2C)c1. The van der Waals surface area contributed by atoms with Crippen molar-refractivity contribution in [1.82, 2.24) is 9.55 Å². The van der Waals surface area contributed by atoms with Gasteiger partial charge in [0.1, 0.15) is 23.1 Å². The summed E-state index contributed by atoms with van der Waals surface area (Å²) in [5.74, 6) is 1.81. The normalized spacial score (nSPS) is 10.9. The first-order valence-corrected chi connectivity index (χ1v) is 8.79. The van der Waals surface area contributed by atoms with Crippen molar-refractivity contribution >= 4 is 22.4 Å². The molecule has 4 rings (SSSR count). The van der Waals surface area contributed by atoms with Gasteiger partial charge in [0, 0.05) is 41.6 Å². The molecule has 0 saturated heterocycles. The zero-order valence-corrected chi connectivity index (χ0v) is 15.9. The molecule has 0 unspecified atom stereocenters. The molecule has 2 aromatic carbocycles. The van der Waals surface area contributed by atoms with Gasteiger partial charge in [-0.1, -0.05) is 6.07 Å². The summed E-state index contributed by atoms with van der Waals surface area (Å²) in [6, 6.07) is 16.1. The number of aryl methyl sites for hydroxylation is 1. The van der Waals surface area contributed by atoms with E-state index in [9.17, 15) is 4.39 Å². The first kappa shape index (κ1) is 17.9. The van der Waals surface area contributed by atoms with Crippen LogP contribution in [0.2, 0.25) is 0 Å². The van der Waals surface area contributed by atoms with E-state index in [-0.39, 0.29) is 5.82 Å². The van der Waals surface area contributed by atoms with E-state index in [1.807, 2.05) is 31.3 Å². The van der Waals surface area contributed by atoms with E-state index in [0.717, 1.165) is 33.7 Å². The van der Waals surface area contributed by atoms with Gasteiger partial charge >= 0.3 is 0 Å². The van der Waals surface area contributed by atoms with Crippen molar-refractivity contribution in [3.63, 3.8) is 0 Å². The molecule has 4 aromatic rings. The zero-order valence-electron chi connectivity index (χ0n) is 15.9. The van der Waals surface area contributed by atoms with Crippen molar-refractivity contribution in [3.8, 4) is 22.8 Å². The lowest BCUT2D eigenvalue weighted by Crippen LogP contribution is -1.95. The second-order valence-corrected chi connectivity index (χ2v) is 6.42. The van der Waals surface area contributed by atoms with Crippen LogP contribution in [0, 0.1) is 5.82 Å². The van der Waals surface area contributed by atoms with Gasteiger partial charge in [0.25, 0.3) is 0 Å². The molecule has 0 bridgehead atoms. The van der Waals surface area contributed by atoms with Crippen LogP contribution < -0.4 is 14.8 Å². The van der Waals surface area contributed by atoms with Crippen molar-refractivity contribution in [2.24, 2.45) is 7.05 Å². The topological polar surface area (TPSA) is 48.3 Å². The van der Waals surface area contributed by atoms with Gasteiger partial charge in [-0.3, -0.25) is 0 Å². The summed E-state index contributed by atoms with van der Waals surface area (Å²) >= 11 is 0. The van der Waals surface area contributed by atoms with Crippen LogP contribution in [-0.4, -0.2) is 23.8 Å². The lowest BCUT2D eigenvalue weighted by molar-refractivity contribution is 0.394. The fraction of sp³-hybridized carbons (Fsp3) is 0.136. The first-order valence-electron chi connectivity index (χ1n) is 8.79. The zero-order chi connectivity index (χ0) is 19.7. The molecule has 0 saturated carbocycles. The van der Waals surface area contributed by atoms with Crippen molar-refractivity contribution < 1.29 is 13.9 Å². The van der Waals surface area contributed by atoms with Gasteiger partial charge in [-0.25, -0.2) is 9.37 Å². The Morgan fingerprint density at radius 3 is 2.39 bits per heavy atom. The highest BCUT2D eigenvalue weighted by molar-refractivity contribution is 5.96. The summed E-state index contributed by atoms with van der Waals surface area (Å²) < 4.78 is 26.4. The molecule has 2 heterocycles. The van der Waals surface area contributed by atoms with Crippen molar-refractivity contribution in [2.45, 2.75) is 0 Å². The number of anilines is 2. The monoisotopic (exact) mass is 377 g/mol. The average molecular weight is 377 g/mol. The van der Waals surface area contributed by atoms with E-state index in [1.165, 1.54) is 12.1 Å². The second kappa shape index (κ2) is 7.23. The molecule has 0 fully saturated rings. The number of nitrogens with zero attached hydrogens (tertiary/aromatic N) is 2. The minimum atomic E-state index is -0.297. The lowest BCUT2D eigenvalue weighted by atomic mass is 10.1. The predicted molar refractivity (Wildman–Crippen MR) is 109 cm³/mol. The van der Waals surface area contributed by atoms with Crippen LogP contribution in [0.25, 0.3) is 22.2 Å². The van der Waals surface area contributed by atoms with Gasteiger partial charge in [-0.2, -0.15) is 0 Å². The van der Waals surface area contributed by atoms with E-state index in [1.54, 1.807) is 32.5 Å². The van der Waals surface area contributed by atoms with E-state index >= 15 is 0 Å². The number of ether oxygens (including phenoxy) is 2. The smallest absolute Gasteiger partial charge is 0.139 e. The average Bonchev–Trinajstić information content (AvgIpc) is 3.05. The second-order valence-electron chi connectivity index (χ2n) is 6.42. The molecule has 0 aliphatic heterocycles. The molecule has 0 aliphatic rings. The van der Waals surface area contributed by atoms with Gasteiger partial charge < -0.3 is 19.4 Å². The number of fused-ring (bicyclic) bond motifs is 1. The summed E-state index contributed by atoms with van der Waals surface area (Å²) in [6.07, 6.45) is 1.74. The molecule has 0 spiro atoms. The van der Waals surface area contributed by atoms with Crippen LogP contribution in [0.1, 0.15) is 0 Å². The largest absolute Gasteiger partial charge is 0.497 e. The molecule has 5 nitrogen and oxygen atoms in total. The highest BCUT2D eigenvalue weighted by atomic mass is 19.1. The van der Waals surface area contributed by atoms with Crippen molar-refractivity contribution in [3.05, 3.63) is 66.6 Å². The molecule has 1 N–H and O–H groups in total. The molecule has 0 radical (unpaired) electrons. The summed E-state index contributed by atoms with van der Waals surface area (Å²) in [7, 11) is 5.26. The molecule has 28 heavy (non-hydrogen) atoms. The number of hydrogen-bond acceptors (Lipinski definition) is 4. The maximum Gasteiger partial charge on any atom is 0.139 e. The van der Waals surface area contributed by atoms with Gasteiger partial charge in [0.2, 0.25) is 0 Å². The van der Waals surface area contributed by atoms with E-state index < -0.39 is 0 Å². The molecule has 142 valence electrons. The number of methoxy groups -OCH3 is 2. The Morgan fingerprint density at radius 2 is 1.71 bits per heavy atom. The summed E-state index contributed by atoms with van der Waals surface area (Å²) in [6.45, 7) is 0. The maximum atomic E-state index is 13.5. The molecular weight excluding hydrogens is 357 g/mol. The number of halogens is 1. The summed E-state index contributed by atoms with van der Waals surface area (Å²) in [5.41, 5.74) is 3.60. The van der Waals surface area contributed by atoms with Gasteiger partial charge in [-0.15, -0.1) is 0 Å². The Kier molecular flexibility index (Phi) is 4.61. The van der Waals surface area contributed by atoms with Crippen molar-refractivity contribution in [2.75, 3.05) is 19.5 Å². The number of rotatable bonds is 5. The van der Waals surface area contributed by atoms with Gasteiger partial charge in [0.05, 0.1) is 19.7 Å². The fourth-order valence-corrected chi connectivity index (χ4v) is 3.30. The quantitative estimate of drug-likeness (QED) is 0.523. The molecule has 6 heteroatoms. The lowest BCUT2D eigenvalue weighted by Gasteiger charge is -2.09. The molecular formula is C22H20FN3O2. The predicted octanol–water partition coefficient (Wildman–Crippen LogP) is 5.14. The Balaban J connectivity index is 1.83. The van der Waals surface area contributed by atoms with Crippen LogP contribution in [0.3, 0.4) is 0 Å². The molecule has 0 amide bonds.